The van der Waals surface area contributed by atoms with Crippen molar-refractivity contribution in [1.29, 1.82) is 0 Å². The molecular formula is C18H18FNO3. The normalized spacial score (nSPS) is 20.7. The molecule has 0 radical (unpaired) electrons. The molecule has 0 aromatic heterocycles. The van der Waals surface area contributed by atoms with Crippen LogP contribution in [0, 0.1) is 5.82 Å². The van der Waals surface area contributed by atoms with Gasteiger partial charge in [-0.25, -0.2) is 4.39 Å². The van der Waals surface area contributed by atoms with Gasteiger partial charge in [0.25, 0.3) is 5.91 Å². The lowest BCUT2D eigenvalue weighted by Crippen LogP contribution is -2.31. The summed E-state index contributed by atoms with van der Waals surface area (Å²) in [6.07, 6.45) is -0.247. The van der Waals surface area contributed by atoms with Crippen LogP contribution in [0.5, 0.6) is 0 Å². The summed E-state index contributed by atoms with van der Waals surface area (Å²) >= 11 is 0. The van der Waals surface area contributed by atoms with Crippen LogP contribution in [0.3, 0.4) is 0 Å². The van der Waals surface area contributed by atoms with Gasteiger partial charge in [0.05, 0.1) is 18.8 Å². The maximum Gasteiger partial charge on any atom is 0.254 e. The average Bonchev–Trinajstić information content (AvgIpc) is 2.96. The fourth-order valence-electron chi connectivity index (χ4n) is 3.04. The standard InChI is InChI=1S/C18H18FNO3/c19-15-6-2-4-13(8-15)17-9-16(22)10-20(17)18(23)14-5-1-3-12(7-14)11-21/h1-8,16-17,21-22H,9-11H2/t16-,17-/m1/s1. The van der Waals surface area contributed by atoms with E-state index in [0.717, 1.165) is 0 Å². The van der Waals surface area contributed by atoms with Crippen LogP contribution in [0.1, 0.15) is 33.9 Å². The third kappa shape index (κ3) is 3.25. The quantitative estimate of drug-likeness (QED) is 0.913. The Hall–Kier alpha value is -2.24. The molecule has 2 atom stereocenters. The zero-order valence-electron chi connectivity index (χ0n) is 12.5. The Labute approximate surface area is 133 Å². The van der Waals surface area contributed by atoms with Gasteiger partial charge in [0, 0.05) is 12.1 Å². The molecule has 1 aliphatic heterocycles. The first-order valence-electron chi connectivity index (χ1n) is 7.53. The molecule has 0 aliphatic carbocycles. The number of aliphatic hydroxyl groups is 2. The number of carbonyl (C=O) groups is 1. The van der Waals surface area contributed by atoms with Crippen molar-refractivity contribution >= 4 is 5.91 Å². The summed E-state index contributed by atoms with van der Waals surface area (Å²) in [5, 5.41) is 19.2. The van der Waals surface area contributed by atoms with Gasteiger partial charge in [-0.1, -0.05) is 24.3 Å². The predicted octanol–water partition coefficient (Wildman–Crippen LogP) is 2.27. The summed E-state index contributed by atoms with van der Waals surface area (Å²) in [4.78, 5) is 14.3. The van der Waals surface area contributed by atoms with E-state index in [1.54, 1.807) is 41.3 Å². The van der Waals surface area contributed by atoms with E-state index in [1.165, 1.54) is 12.1 Å². The van der Waals surface area contributed by atoms with Gasteiger partial charge < -0.3 is 15.1 Å². The molecule has 4 nitrogen and oxygen atoms in total. The minimum atomic E-state index is -0.631. The number of nitrogens with zero attached hydrogens (tertiary/aromatic N) is 1. The second kappa shape index (κ2) is 6.48. The summed E-state index contributed by atoms with van der Waals surface area (Å²) in [7, 11) is 0. The topological polar surface area (TPSA) is 60.8 Å². The van der Waals surface area contributed by atoms with E-state index in [2.05, 4.69) is 0 Å². The van der Waals surface area contributed by atoms with Crippen LogP contribution in [0.15, 0.2) is 48.5 Å². The molecule has 1 aliphatic rings. The Bertz CT molecular complexity index is 719. The molecule has 1 heterocycles. The zero-order chi connectivity index (χ0) is 16.4. The SMILES string of the molecule is O=C(c1cccc(CO)c1)N1C[C@H](O)C[C@@H]1c1cccc(F)c1. The number of halogens is 1. The van der Waals surface area contributed by atoms with Crippen LogP contribution in [0.25, 0.3) is 0 Å². The van der Waals surface area contributed by atoms with Crippen molar-refractivity contribution in [2.75, 3.05) is 6.54 Å². The van der Waals surface area contributed by atoms with Crippen LogP contribution in [0.2, 0.25) is 0 Å². The lowest BCUT2D eigenvalue weighted by molar-refractivity contribution is 0.0715. The van der Waals surface area contributed by atoms with E-state index >= 15 is 0 Å². The fourth-order valence-corrected chi connectivity index (χ4v) is 3.04. The van der Waals surface area contributed by atoms with Crippen molar-refractivity contribution in [3.05, 3.63) is 71.0 Å². The van der Waals surface area contributed by atoms with Crippen LogP contribution in [0.4, 0.5) is 4.39 Å². The average molecular weight is 315 g/mol. The molecule has 3 rings (SSSR count). The molecule has 2 N–H and O–H groups in total. The van der Waals surface area contributed by atoms with Gasteiger partial charge in [-0.2, -0.15) is 0 Å². The lowest BCUT2D eigenvalue weighted by atomic mass is 10.0. The van der Waals surface area contributed by atoms with E-state index in [4.69, 9.17) is 0 Å². The first kappa shape index (κ1) is 15.6. The largest absolute Gasteiger partial charge is 0.392 e. The van der Waals surface area contributed by atoms with Crippen LogP contribution in [-0.4, -0.2) is 33.7 Å². The molecule has 2 aromatic carbocycles. The van der Waals surface area contributed by atoms with Crippen molar-refractivity contribution in [3.8, 4) is 0 Å². The molecule has 1 saturated heterocycles. The molecule has 2 aromatic rings. The van der Waals surface area contributed by atoms with Gasteiger partial charge in [-0.15, -0.1) is 0 Å². The third-order valence-electron chi connectivity index (χ3n) is 4.13. The number of β-amino-alcohol motifs (C(OH)–C–C–N with tert-alkyl or cyclic N) is 1. The van der Waals surface area contributed by atoms with Gasteiger partial charge in [0.15, 0.2) is 0 Å². The smallest absolute Gasteiger partial charge is 0.254 e. The molecule has 0 saturated carbocycles. The minimum absolute atomic E-state index is 0.142. The molecule has 0 unspecified atom stereocenters. The summed E-state index contributed by atoms with van der Waals surface area (Å²) in [6, 6.07) is 12.5. The predicted molar refractivity (Wildman–Crippen MR) is 83.2 cm³/mol. The lowest BCUT2D eigenvalue weighted by Gasteiger charge is -2.25. The monoisotopic (exact) mass is 315 g/mol. The number of benzene rings is 2. The van der Waals surface area contributed by atoms with E-state index in [1.807, 2.05) is 0 Å². The summed E-state index contributed by atoms with van der Waals surface area (Å²) in [5.74, 6) is -0.593. The Kier molecular flexibility index (Phi) is 4.41. The molecule has 0 bridgehead atoms. The highest BCUT2D eigenvalue weighted by Crippen LogP contribution is 2.33. The maximum absolute atomic E-state index is 13.5. The Morgan fingerprint density at radius 2 is 2.00 bits per heavy atom. The molecule has 5 heteroatoms. The van der Waals surface area contributed by atoms with Crippen molar-refractivity contribution in [2.45, 2.75) is 25.2 Å². The van der Waals surface area contributed by atoms with Crippen molar-refractivity contribution < 1.29 is 19.4 Å². The maximum atomic E-state index is 13.5. The molecule has 1 fully saturated rings. The van der Waals surface area contributed by atoms with Crippen molar-refractivity contribution in [3.63, 3.8) is 0 Å². The van der Waals surface area contributed by atoms with Gasteiger partial charge in [0.2, 0.25) is 0 Å². The zero-order valence-corrected chi connectivity index (χ0v) is 12.5. The van der Waals surface area contributed by atoms with Crippen LogP contribution < -0.4 is 0 Å². The summed E-state index contributed by atoms with van der Waals surface area (Å²) in [6.45, 7) is 0.0699. The minimum Gasteiger partial charge on any atom is -0.392 e. The second-order valence-electron chi connectivity index (χ2n) is 5.78. The first-order valence-corrected chi connectivity index (χ1v) is 7.53. The fraction of sp³-hybridized carbons (Fsp3) is 0.278. The molecule has 1 amide bonds. The number of carbonyl (C=O) groups excluding carboxylic acids is 1. The Balaban J connectivity index is 1.91. The second-order valence-corrected chi connectivity index (χ2v) is 5.78. The van der Waals surface area contributed by atoms with E-state index in [-0.39, 0.29) is 30.9 Å². The van der Waals surface area contributed by atoms with Gasteiger partial charge in [-0.3, -0.25) is 4.79 Å². The highest BCUT2D eigenvalue weighted by Gasteiger charge is 2.35. The molecule has 0 spiro atoms. The first-order chi connectivity index (χ1) is 11.1. The highest BCUT2D eigenvalue weighted by molar-refractivity contribution is 5.95. The summed E-state index contributed by atoms with van der Waals surface area (Å²) in [5.41, 5.74) is 1.78. The Morgan fingerprint density at radius 1 is 1.22 bits per heavy atom. The number of hydrogen-bond acceptors (Lipinski definition) is 3. The third-order valence-corrected chi connectivity index (χ3v) is 4.13. The van der Waals surface area contributed by atoms with Crippen molar-refractivity contribution in [2.24, 2.45) is 0 Å². The Morgan fingerprint density at radius 3 is 2.74 bits per heavy atom. The summed E-state index contributed by atoms with van der Waals surface area (Å²) < 4.78 is 13.5. The van der Waals surface area contributed by atoms with Crippen LogP contribution >= 0.6 is 0 Å². The van der Waals surface area contributed by atoms with Gasteiger partial charge in [0.1, 0.15) is 5.82 Å². The van der Waals surface area contributed by atoms with Crippen molar-refractivity contribution in [1.82, 2.24) is 4.90 Å². The molecule has 23 heavy (non-hydrogen) atoms. The molecular weight excluding hydrogens is 297 g/mol. The number of rotatable bonds is 3. The number of aliphatic hydroxyl groups excluding tert-OH is 2. The number of amides is 1. The molecule has 120 valence electrons. The number of hydrogen-bond donors (Lipinski definition) is 2. The van der Waals surface area contributed by atoms with Gasteiger partial charge in [-0.05, 0) is 41.8 Å². The van der Waals surface area contributed by atoms with Gasteiger partial charge >= 0.3 is 0 Å². The van der Waals surface area contributed by atoms with E-state index < -0.39 is 6.10 Å². The highest BCUT2D eigenvalue weighted by atomic mass is 19.1. The number of likely N-dealkylation sites (tertiary alicyclic amines) is 1. The van der Waals surface area contributed by atoms with Crippen LogP contribution in [-0.2, 0) is 6.61 Å². The van der Waals surface area contributed by atoms with E-state index in [0.29, 0.717) is 23.1 Å². The van der Waals surface area contributed by atoms with E-state index in [9.17, 15) is 19.4 Å².